The molecule has 4 rings (SSSR count). The van der Waals surface area contributed by atoms with Crippen molar-refractivity contribution in [2.24, 2.45) is 5.92 Å². The van der Waals surface area contributed by atoms with E-state index in [9.17, 15) is 18.0 Å². The number of nitrogens with zero attached hydrogens (tertiary/aromatic N) is 3. The third-order valence-corrected chi connectivity index (χ3v) is 6.22. The molecule has 0 amide bonds. The van der Waals surface area contributed by atoms with Crippen molar-refractivity contribution in [2.75, 3.05) is 25.0 Å². The van der Waals surface area contributed by atoms with Gasteiger partial charge >= 0.3 is 12.1 Å². The maximum atomic E-state index is 13.4. The Labute approximate surface area is 184 Å². The van der Waals surface area contributed by atoms with Gasteiger partial charge in [0, 0.05) is 48.6 Å². The van der Waals surface area contributed by atoms with E-state index in [1.165, 1.54) is 12.1 Å². The first-order valence-electron chi connectivity index (χ1n) is 10.5. The zero-order chi connectivity index (χ0) is 23.2. The summed E-state index contributed by atoms with van der Waals surface area (Å²) in [6.07, 6.45) is -2.51. The molecule has 1 N–H and O–H groups in total. The Balaban J connectivity index is 1.76. The average molecular weight is 445 g/mol. The van der Waals surface area contributed by atoms with Crippen LogP contribution in [0.3, 0.4) is 0 Å². The van der Waals surface area contributed by atoms with Gasteiger partial charge in [-0.25, -0.2) is 0 Å². The Bertz CT molecular complexity index is 1150. The monoisotopic (exact) mass is 445 g/mol. The zero-order valence-corrected chi connectivity index (χ0v) is 18.2. The van der Waals surface area contributed by atoms with Crippen molar-refractivity contribution in [2.45, 2.75) is 32.6 Å². The van der Waals surface area contributed by atoms with Gasteiger partial charge in [-0.3, -0.25) is 9.69 Å². The Morgan fingerprint density at radius 2 is 1.84 bits per heavy atom. The maximum absolute atomic E-state index is 13.4. The van der Waals surface area contributed by atoms with Crippen LogP contribution in [-0.2, 0) is 17.5 Å². The highest BCUT2D eigenvalue weighted by Gasteiger charge is 2.33. The minimum atomic E-state index is -4.41. The van der Waals surface area contributed by atoms with Crippen LogP contribution >= 0.6 is 0 Å². The summed E-state index contributed by atoms with van der Waals surface area (Å²) < 4.78 is 42.1. The molecule has 2 aromatic carbocycles. The lowest BCUT2D eigenvalue weighted by Gasteiger charge is -2.38. The van der Waals surface area contributed by atoms with Crippen LogP contribution in [0.4, 0.5) is 18.9 Å². The first kappa shape index (κ1) is 22.2. The van der Waals surface area contributed by atoms with Crippen molar-refractivity contribution in [1.29, 1.82) is 0 Å². The van der Waals surface area contributed by atoms with Gasteiger partial charge in [0.15, 0.2) is 0 Å². The molecule has 1 fully saturated rings. The molecular weight excluding hydrogens is 419 g/mol. The molecule has 170 valence electrons. The number of benzene rings is 2. The van der Waals surface area contributed by atoms with E-state index in [1.807, 2.05) is 60.8 Å². The fraction of sp³-hybridized carbons (Fsp3) is 0.375. The number of carboxylic acid groups (broad SMARTS) is 1. The molecule has 1 aromatic heterocycles. The fourth-order valence-electron chi connectivity index (χ4n) is 3.95. The van der Waals surface area contributed by atoms with Crippen molar-refractivity contribution in [3.63, 3.8) is 0 Å². The molecular formula is C24H26F3N3O2. The normalized spacial score (nSPS) is 15.1. The number of anilines is 1. The van der Waals surface area contributed by atoms with Crippen molar-refractivity contribution in [3.8, 4) is 5.69 Å². The van der Waals surface area contributed by atoms with Crippen molar-refractivity contribution < 1.29 is 23.1 Å². The minimum absolute atomic E-state index is 0.246. The lowest BCUT2D eigenvalue weighted by Crippen LogP contribution is -2.50. The third-order valence-electron chi connectivity index (χ3n) is 6.22. The lowest BCUT2D eigenvalue weighted by molar-refractivity contribution is -0.142. The quantitative estimate of drug-likeness (QED) is 0.580. The van der Waals surface area contributed by atoms with E-state index < -0.39 is 17.7 Å². The summed E-state index contributed by atoms with van der Waals surface area (Å²) in [4.78, 5) is 15.2. The molecule has 32 heavy (non-hydrogen) atoms. The van der Waals surface area contributed by atoms with Gasteiger partial charge in [-0.05, 0) is 62.9 Å². The van der Waals surface area contributed by atoms with Crippen LogP contribution in [0.25, 0.3) is 16.6 Å². The van der Waals surface area contributed by atoms with Gasteiger partial charge in [-0.1, -0.05) is 6.07 Å². The number of hydrogen-bond donors (Lipinski definition) is 1. The number of halogens is 3. The summed E-state index contributed by atoms with van der Waals surface area (Å²) in [6.45, 7) is 5.51. The summed E-state index contributed by atoms with van der Waals surface area (Å²) >= 11 is 0. The van der Waals surface area contributed by atoms with E-state index in [2.05, 4.69) is 4.90 Å². The zero-order valence-electron chi connectivity index (χ0n) is 18.2. The van der Waals surface area contributed by atoms with E-state index in [0.717, 1.165) is 23.0 Å². The number of aromatic nitrogens is 1. The minimum Gasteiger partial charge on any atom is -0.481 e. The summed E-state index contributed by atoms with van der Waals surface area (Å²) in [6, 6.07) is 11.8. The van der Waals surface area contributed by atoms with Gasteiger partial charge in [0.1, 0.15) is 0 Å². The van der Waals surface area contributed by atoms with E-state index in [4.69, 9.17) is 5.11 Å². The fourth-order valence-corrected chi connectivity index (χ4v) is 3.95. The first-order chi connectivity index (χ1) is 15.0. The predicted molar refractivity (Wildman–Crippen MR) is 118 cm³/mol. The molecule has 2 heterocycles. The molecule has 0 saturated carbocycles. The van der Waals surface area contributed by atoms with Gasteiger partial charge in [-0.15, -0.1) is 0 Å². The summed E-state index contributed by atoms with van der Waals surface area (Å²) in [5.74, 6) is -1.17. The van der Waals surface area contributed by atoms with Crippen LogP contribution in [-0.4, -0.2) is 46.7 Å². The van der Waals surface area contributed by atoms with Crippen LogP contribution in [0, 0.1) is 5.92 Å². The van der Waals surface area contributed by atoms with E-state index in [-0.39, 0.29) is 12.0 Å². The van der Waals surface area contributed by atoms with Crippen molar-refractivity contribution >= 4 is 22.6 Å². The Morgan fingerprint density at radius 1 is 1.16 bits per heavy atom. The molecule has 0 atom stereocenters. The molecule has 5 nitrogen and oxygen atoms in total. The molecule has 3 aromatic rings. The highest BCUT2D eigenvalue weighted by molar-refractivity contribution is 5.87. The number of rotatable bonds is 6. The van der Waals surface area contributed by atoms with Crippen LogP contribution in [0.15, 0.2) is 48.7 Å². The molecule has 0 unspecified atom stereocenters. The van der Waals surface area contributed by atoms with E-state index >= 15 is 0 Å². The second kappa shape index (κ2) is 8.16. The topological polar surface area (TPSA) is 48.7 Å². The number of fused-ring (bicyclic) bond motifs is 1. The predicted octanol–water partition coefficient (Wildman–Crippen LogP) is 5.01. The van der Waals surface area contributed by atoms with Gasteiger partial charge in [0.05, 0.1) is 17.0 Å². The SMILES string of the molecule is CC(C)N(C)Cc1cn(-c2cccc(N3CC(C(=O)O)C3)c2)c2ccc(C(F)(F)F)cc12. The highest BCUT2D eigenvalue weighted by atomic mass is 19.4. The molecule has 1 aliphatic rings. The number of hydrogen-bond acceptors (Lipinski definition) is 3. The van der Waals surface area contributed by atoms with Crippen LogP contribution in [0.5, 0.6) is 0 Å². The number of carbonyl (C=O) groups is 1. The number of aliphatic carboxylic acids is 1. The lowest BCUT2D eigenvalue weighted by atomic mass is 9.99. The molecule has 0 spiro atoms. The number of carboxylic acids is 1. The summed E-state index contributed by atoms with van der Waals surface area (Å²) in [5, 5.41) is 9.70. The first-order valence-corrected chi connectivity index (χ1v) is 10.5. The highest BCUT2D eigenvalue weighted by Crippen LogP contribution is 2.35. The molecule has 8 heteroatoms. The Hall–Kier alpha value is -3.00. The molecule has 1 saturated heterocycles. The molecule has 0 bridgehead atoms. The van der Waals surface area contributed by atoms with Crippen LogP contribution in [0.2, 0.25) is 0 Å². The van der Waals surface area contributed by atoms with Gasteiger partial charge in [0.2, 0.25) is 0 Å². The number of alkyl halides is 3. The van der Waals surface area contributed by atoms with Gasteiger partial charge < -0.3 is 14.6 Å². The largest absolute Gasteiger partial charge is 0.481 e. The van der Waals surface area contributed by atoms with Crippen molar-refractivity contribution in [3.05, 3.63) is 59.8 Å². The molecule has 1 aliphatic heterocycles. The van der Waals surface area contributed by atoms with Gasteiger partial charge in [0.25, 0.3) is 0 Å². The second-order valence-electron chi connectivity index (χ2n) is 8.72. The standard InChI is InChI=1S/C24H26F3N3O2/c1-15(2)28(3)11-16-14-30(22-8-7-18(9-21(16)22)24(25,26)27)20-6-4-5-19(10-20)29-12-17(13-29)23(31)32/h4-10,14-15,17H,11-13H2,1-3H3,(H,31,32). The Kier molecular flexibility index (Phi) is 5.67. The summed E-state index contributed by atoms with van der Waals surface area (Å²) in [7, 11) is 1.95. The van der Waals surface area contributed by atoms with E-state index in [0.29, 0.717) is 30.5 Å². The van der Waals surface area contributed by atoms with E-state index in [1.54, 1.807) is 0 Å². The smallest absolute Gasteiger partial charge is 0.416 e. The van der Waals surface area contributed by atoms with Crippen molar-refractivity contribution in [1.82, 2.24) is 9.47 Å². The van der Waals surface area contributed by atoms with Crippen LogP contribution in [0.1, 0.15) is 25.0 Å². The molecule has 0 aliphatic carbocycles. The third kappa shape index (κ3) is 4.19. The maximum Gasteiger partial charge on any atom is 0.416 e. The van der Waals surface area contributed by atoms with Crippen LogP contribution < -0.4 is 4.90 Å². The second-order valence-corrected chi connectivity index (χ2v) is 8.72. The Morgan fingerprint density at radius 3 is 2.47 bits per heavy atom. The van der Waals surface area contributed by atoms with Gasteiger partial charge in [-0.2, -0.15) is 13.2 Å². The molecule has 0 radical (unpaired) electrons. The average Bonchev–Trinajstić information content (AvgIpc) is 3.04. The summed E-state index contributed by atoms with van der Waals surface area (Å²) in [5.41, 5.74) is 2.58.